The number of hydrogen-bond donors (Lipinski definition) is 0. The molecule has 0 unspecified atom stereocenters. The molecule has 0 saturated heterocycles. The zero-order valence-corrected chi connectivity index (χ0v) is 9.45. The van der Waals surface area contributed by atoms with Crippen LogP contribution in [0.15, 0.2) is 24.3 Å². The molecule has 0 spiro atoms. The number of ether oxygens (including phenoxy) is 1. The van der Waals surface area contributed by atoms with Crippen molar-refractivity contribution in [2.75, 3.05) is 13.7 Å². The number of hydrogen-bond acceptors (Lipinski definition) is 2. The van der Waals surface area contributed by atoms with Crippen LogP contribution in [0, 0.1) is 6.92 Å². The topological polar surface area (TPSA) is 26.3 Å². The summed E-state index contributed by atoms with van der Waals surface area (Å²) in [6.07, 6.45) is 1.98. The summed E-state index contributed by atoms with van der Waals surface area (Å²) in [6, 6.07) is 8.32. The molecular formula is C13H18O2. The normalized spacial score (nSPS) is 10.3. The molecule has 15 heavy (non-hydrogen) atoms. The van der Waals surface area contributed by atoms with Gasteiger partial charge in [0.2, 0.25) is 0 Å². The van der Waals surface area contributed by atoms with Crippen LogP contribution in [0.25, 0.3) is 0 Å². The third-order valence-corrected chi connectivity index (χ3v) is 2.40. The number of carbonyl (C=O) groups is 1. The van der Waals surface area contributed by atoms with Crippen molar-refractivity contribution in [3.8, 4) is 0 Å². The number of Topliss-reactive ketones (excluding diaryl/α,β-unsaturated/α-hetero) is 1. The maximum atomic E-state index is 11.4. The molecule has 2 nitrogen and oxygen atoms in total. The van der Waals surface area contributed by atoms with Crippen LogP contribution in [-0.4, -0.2) is 19.5 Å². The predicted octanol–water partition coefficient (Wildman–Crippen LogP) is 2.53. The molecule has 0 aliphatic carbocycles. The molecular weight excluding hydrogens is 188 g/mol. The molecule has 0 N–H and O–H groups in total. The second-order valence-corrected chi connectivity index (χ2v) is 3.77. The molecule has 0 atom stereocenters. The fourth-order valence-corrected chi connectivity index (χ4v) is 1.38. The van der Waals surface area contributed by atoms with Gasteiger partial charge >= 0.3 is 0 Å². The van der Waals surface area contributed by atoms with Crippen molar-refractivity contribution in [1.29, 1.82) is 0 Å². The van der Waals surface area contributed by atoms with Crippen molar-refractivity contribution in [2.45, 2.75) is 26.2 Å². The lowest BCUT2D eigenvalue weighted by atomic mass is 10.1. The van der Waals surface area contributed by atoms with E-state index < -0.39 is 0 Å². The minimum absolute atomic E-state index is 0.275. The lowest BCUT2D eigenvalue weighted by Gasteiger charge is -2.01. The molecule has 0 aliphatic heterocycles. The fraction of sp³-hybridized carbons (Fsp3) is 0.462. The maximum Gasteiger partial charge on any atom is 0.135 e. The average Bonchev–Trinajstić information content (AvgIpc) is 2.25. The number of aryl methyl sites for hydroxylation is 2. The molecule has 0 radical (unpaired) electrons. The Balaban J connectivity index is 2.30. The smallest absolute Gasteiger partial charge is 0.135 e. The average molecular weight is 206 g/mol. The molecule has 0 bridgehead atoms. The first-order valence-electron chi connectivity index (χ1n) is 5.28. The molecule has 1 aromatic carbocycles. The summed E-state index contributed by atoms with van der Waals surface area (Å²) < 4.78 is 4.86. The quantitative estimate of drug-likeness (QED) is 0.715. The Bertz CT molecular complexity index is 301. The van der Waals surface area contributed by atoms with Crippen LogP contribution in [0.4, 0.5) is 0 Å². The van der Waals surface area contributed by atoms with Gasteiger partial charge in [-0.15, -0.1) is 0 Å². The van der Waals surface area contributed by atoms with E-state index in [1.165, 1.54) is 11.1 Å². The molecule has 0 saturated carbocycles. The van der Waals surface area contributed by atoms with Gasteiger partial charge in [-0.3, -0.25) is 4.79 Å². The number of carbonyl (C=O) groups excluding carboxylic acids is 1. The minimum atomic E-state index is 0.275. The largest absolute Gasteiger partial charge is 0.384 e. The molecule has 82 valence electrons. The maximum absolute atomic E-state index is 11.4. The number of methoxy groups -OCH3 is 1. The second kappa shape index (κ2) is 6.36. The minimum Gasteiger partial charge on any atom is -0.384 e. The third-order valence-electron chi connectivity index (χ3n) is 2.40. The van der Waals surface area contributed by atoms with Crippen molar-refractivity contribution in [3.05, 3.63) is 35.4 Å². The Kier molecular flexibility index (Phi) is 5.05. The van der Waals surface area contributed by atoms with Crippen LogP contribution in [0.5, 0.6) is 0 Å². The van der Waals surface area contributed by atoms with E-state index in [0.29, 0.717) is 19.4 Å². The van der Waals surface area contributed by atoms with E-state index in [1.54, 1.807) is 7.11 Å². The summed E-state index contributed by atoms with van der Waals surface area (Å²) in [4.78, 5) is 11.4. The molecule has 0 aromatic heterocycles. The van der Waals surface area contributed by atoms with Gasteiger partial charge in [0.1, 0.15) is 5.78 Å². The standard InChI is InChI=1S/C13H18O2/c1-11-3-5-12(6-4-11)7-8-13(14)9-10-15-2/h3-6H,7-10H2,1-2H3. The van der Waals surface area contributed by atoms with Gasteiger partial charge < -0.3 is 4.74 Å². The zero-order valence-electron chi connectivity index (χ0n) is 9.45. The van der Waals surface area contributed by atoms with Crippen molar-refractivity contribution in [3.63, 3.8) is 0 Å². The third kappa shape index (κ3) is 4.75. The number of benzene rings is 1. The van der Waals surface area contributed by atoms with Crippen LogP contribution in [0.1, 0.15) is 24.0 Å². The number of ketones is 1. The molecule has 0 amide bonds. The van der Waals surface area contributed by atoms with Gasteiger partial charge in [0.05, 0.1) is 6.61 Å². The Morgan fingerprint density at radius 1 is 1.20 bits per heavy atom. The van der Waals surface area contributed by atoms with E-state index >= 15 is 0 Å². The van der Waals surface area contributed by atoms with Gasteiger partial charge in [0.25, 0.3) is 0 Å². The van der Waals surface area contributed by atoms with Crippen LogP contribution >= 0.6 is 0 Å². The van der Waals surface area contributed by atoms with Gasteiger partial charge in [-0.25, -0.2) is 0 Å². The molecule has 1 rings (SSSR count). The number of rotatable bonds is 6. The van der Waals surface area contributed by atoms with Gasteiger partial charge in [-0.1, -0.05) is 29.8 Å². The van der Waals surface area contributed by atoms with E-state index in [2.05, 4.69) is 31.2 Å². The van der Waals surface area contributed by atoms with Crippen LogP contribution < -0.4 is 0 Å². The van der Waals surface area contributed by atoms with Crippen LogP contribution in [-0.2, 0) is 16.0 Å². The lowest BCUT2D eigenvalue weighted by molar-refractivity contribution is -0.119. The van der Waals surface area contributed by atoms with E-state index in [1.807, 2.05) is 0 Å². The molecule has 0 fully saturated rings. The Labute approximate surface area is 91.3 Å². The van der Waals surface area contributed by atoms with Crippen molar-refractivity contribution >= 4 is 5.78 Å². The predicted molar refractivity (Wildman–Crippen MR) is 61.0 cm³/mol. The van der Waals surface area contributed by atoms with Crippen molar-refractivity contribution < 1.29 is 9.53 Å². The summed E-state index contributed by atoms with van der Waals surface area (Å²) >= 11 is 0. The summed E-state index contributed by atoms with van der Waals surface area (Å²) in [6.45, 7) is 2.60. The second-order valence-electron chi connectivity index (χ2n) is 3.77. The Hall–Kier alpha value is -1.15. The fourth-order valence-electron chi connectivity index (χ4n) is 1.38. The van der Waals surface area contributed by atoms with E-state index in [0.717, 1.165) is 6.42 Å². The summed E-state index contributed by atoms with van der Waals surface area (Å²) in [5.74, 6) is 0.275. The summed E-state index contributed by atoms with van der Waals surface area (Å²) in [5, 5.41) is 0. The first-order valence-corrected chi connectivity index (χ1v) is 5.28. The highest BCUT2D eigenvalue weighted by molar-refractivity contribution is 5.78. The van der Waals surface area contributed by atoms with Crippen molar-refractivity contribution in [2.24, 2.45) is 0 Å². The Morgan fingerprint density at radius 3 is 2.47 bits per heavy atom. The highest BCUT2D eigenvalue weighted by Crippen LogP contribution is 2.06. The van der Waals surface area contributed by atoms with Crippen LogP contribution in [0.2, 0.25) is 0 Å². The Morgan fingerprint density at radius 2 is 1.87 bits per heavy atom. The van der Waals surface area contributed by atoms with Gasteiger partial charge in [-0.05, 0) is 18.9 Å². The SMILES string of the molecule is COCCC(=O)CCc1ccc(C)cc1. The molecule has 0 aliphatic rings. The molecule has 2 heteroatoms. The first kappa shape index (κ1) is 11.9. The highest BCUT2D eigenvalue weighted by Gasteiger charge is 2.02. The highest BCUT2D eigenvalue weighted by atomic mass is 16.5. The van der Waals surface area contributed by atoms with E-state index in [9.17, 15) is 4.79 Å². The molecule has 1 aromatic rings. The summed E-state index contributed by atoms with van der Waals surface area (Å²) in [5.41, 5.74) is 2.48. The summed E-state index contributed by atoms with van der Waals surface area (Å²) in [7, 11) is 1.62. The first-order chi connectivity index (χ1) is 7.22. The van der Waals surface area contributed by atoms with Gasteiger partial charge in [0.15, 0.2) is 0 Å². The lowest BCUT2D eigenvalue weighted by Crippen LogP contribution is -2.03. The van der Waals surface area contributed by atoms with Crippen LogP contribution in [0.3, 0.4) is 0 Å². The van der Waals surface area contributed by atoms with E-state index in [4.69, 9.17) is 4.74 Å². The van der Waals surface area contributed by atoms with E-state index in [-0.39, 0.29) is 5.78 Å². The van der Waals surface area contributed by atoms with Crippen molar-refractivity contribution in [1.82, 2.24) is 0 Å². The van der Waals surface area contributed by atoms with Gasteiger partial charge in [-0.2, -0.15) is 0 Å². The monoisotopic (exact) mass is 206 g/mol. The molecule has 0 heterocycles. The van der Waals surface area contributed by atoms with Gasteiger partial charge in [0, 0.05) is 20.0 Å². The zero-order chi connectivity index (χ0) is 11.1.